The summed E-state index contributed by atoms with van der Waals surface area (Å²) in [6, 6.07) is 0. The molecule has 15 atom stereocenters. The molecule has 0 radical (unpaired) electrons. The van der Waals surface area contributed by atoms with Crippen LogP contribution in [-0.2, 0) is 28.4 Å². The lowest BCUT2D eigenvalue weighted by Crippen LogP contribution is -2.65. The van der Waals surface area contributed by atoms with Crippen LogP contribution in [0.5, 0.6) is 0 Å². The Bertz CT molecular complexity index is 652. The molecular formula is C19H34O16. The Morgan fingerprint density at radius 1 is 0.571 bits per heavy atom. The summed E-state index contributed by atoms with van der Waals surface area (Å²) in [6.45, 7) is -1.91. The van der Waals surface area contributed by atoms with Gasteiger partial charge in [0.2, 0.25) is 0 Å². The van der Waals surface area contributed by atoms with Crippen LogP contribution in [0, 0.1) is 0 Å². The Kier molecular flexibility index (Phi) is 10.1. The minimum Gasteiger partial charge on any atom is -0.394 e. The maximum atomic E-state index is 10.5. The lowest BCUT2D eigenvalue weighted by molar-refractivity contribution is -0.364. The second kappa shape index (κ2) is 12.3. The van der Waals surface area contributed by atoms with Crippen molar-refractivity contribution in [2.24, 2.45) is 0 Å². The van der Waals surface area contributed by atoms with Gasteiger partial charge >= 0.3 is 0 Å². The van der Waals surface area contributed by atoms with Crippen molar-refractivity contribution < 1.29 is 79.5 Å². The highest BCUT2D eigenvalue weighted by Crippen LogP contribution is 2.30. The maximum absolute atomic E-state index is 10.5. The van der Waals surface area contributed by atoms with Gasteiger partial charge in [0.25, 0.3) is 0 Å². The number of aliphatic hydroxyl groups excluding tert-OH is 10. The van der Waals surface area contributed by atoms with Crippen LogP contribution in [0.3, 0.4) is 0 Å². The van der Waals surface area contributed by atoms with E-state index in [1.807, 2.05) is 0 Å². The first-order valence-electron chi connectivity index (χ1n) is 11.0. The molecule has 3 heterocycles. The van der Waals surface area contributed by atoms with Gasteiger partial charge in [-0.25, -0.2) is 0 Å². The van der Waals surface area contributed by atoms with Gasteiger partial charge in [0.05, 0.1) is 19.8 Å². The fraction of sp³-hybridized carbons (Fsp3) is 1.00. The molecule has 0 spiro atoms. The Hall–Kier alpha value is -0.640. The molecule has 0 amide bonds. The molecule has 0 aromatic carbocycles. The Balaban J connectivity index is 1.72. The molecular weight excluding hydrogens is 484 g/mol. The molecule has 0 bridgehead atoms. The van der Waals surface area contributed by atoms with Crippen molar-refractivity contribution in [3.05, 3.63) is 0 Å². The predicted molar refractivity (Wildman–Crippen MR) is 106 cm³/mol. The standard InChI is InChI=1S/C19H34O16/c1-30-15-6(3-21)34-19(14(28)11(15)25)35-16-7(32-17(29)12(26)10(16)24)4-31-18-13(27)9(23)8(22)5(2-20)33-18/h5-29H,2-4H2,1H3/t5?,6?,7?,8-,9-,10+,11+,12?,13?,14?,15+,16+,17+,18-,19-/m0/s1. The van der Waals surface area contributed by atoms with Crippen molar-refractivity contribution in [3.8, 4) is 0 Å². The van der Waals surface area contributed by atoms with Crippen LogP contribution in [0.2, 0.25) is 0 Å². The lowest BCUT2D eigenvalue weighted by Gasteiger charge is -2.46. The summed E-state index contributed by atoms with van der Waals surface area (Å²) >= 11 is 0. The molecule has 0 aromatic heterocycles. The average Bonchev–Trinajstić information content (AvgIpc) is 2.85. The van der Waals surface area contributed by atoms with E-state index in [1.54, 1.807) is 0 Å². The lowest BCUT2D eigenvalue weighted by atomic mass is 9.96. The van der Waals surface area contributed by atoms with Gasteiger partial charge in [0, 0.05) is 7.11 Å². The zero-order valence-corrected chi connectivity index (χ0v) is 18.7. The predicted octanol–water partition coefficient (Wildman–Crippen LogP) is -6.92. The molecule has 3 fully saturated rings. The molecule has 0 aromatic rings. The van der Waals surface area contributed by atoms with E-state index < -0.39 is 112 Å². The van der Waals surface area contributed by atoms with Crippen LogP contribution in [0.25, 0.3) is 0 Å². The van der Waals surface area contributed by atoms with Gasteiger partial charge in [-0.2, -0.15) is 0 Å². The van der Waals surface area contributed by atoms with Gasteiger partial charge in [0.15, 0.2) is 18.9 Å². The minimum absolute atomic E-state index is 0.594. The summed E-state index contributed by atoms with van der Waals surface area (Å²) < 4.78 is 31.9. The van der Waals surface area contributed by atoms with Crippen LogP contribution < -0.4 is 0 Å². The molecule has 206 valence electrons. The second-order valence-corrected chi connectivity index (χ2v) is 8.58. The van der Waals surface area contributed by atoms with Crippen LogP contribution in [-0.4, -0.2) is 170 Å². The van der Waals surface area contributed by atoms with Gasteiger partial charge in [-0.05, 0) is 0 Å². The van der Waals surface area contributed by atoms with Crippen LogP contribution in [0.1, 0.15) is 0 Å². The fourth-order valence-corrected chi connectivity index (χ4v) is 4.23. The first-order valence-corrected chi connectivity index (χ1v) is 11.0. The largest absolute Gasteiger partial charge is 0.394 e. The third-order valence-electron chi connectivity index (χ3n) is 6.32. The molecule has 3 saturated heterocycles. The summed E-state index contributed by atoms with van der Waals surface area (Å²) in [5.41, 5.74) is 0. The summed E-state index contributed by atoms with van der Waals surface area (Å²) in [5, 5.41) is 99.9. The minimum atomic E-state index is -1.89. The highest BCUT2D eigenvalue weighted by atomic mass is 16.7. The van der Waals surface area contributed by atoms with E-state index in [9.17, 15) is 51.1 Å². The summed E-state index contributed by atoms with van der Waals surface area (Å²) in [7, 11) is 1.23. The smallest absolute Gasteiger partial charge is 0.187 e. The topological polar surface area (TPSA) is 258 Å². The van der Waals surface area contributed by atoms with E-state index in [0.717, 1.165) is 0 Å². The summed E-state index contributed by atoms with van der Waals surface area (Å²) in [6.07, 6.45) is -23.6. The van der Waals surface area contributed by atoms with Crippen molar-refractivity contribution in [2.75, 3.05) is 26.9 Å². The van der Waals surface area contributed by atoms with Gasteiger partial charge in [0.1, 0.15) is 73.2 Å². The number of hydrogen-bond donors (Lipinski definition) is 10. The normalized spacial score (nSPS) is 51.3. The summed E-state index contributed by atoms with van der Waals surface area (Å²) in [4.78, 5) is 0. The molecule has 35 heavy (non-hydrogen) atoms. The van der Waals surface area contributed by atoms with Gasteiger partial charge in [-0.3, -0.25) is 0 Å². The monoisotopic (exact) mass is 518 g/mol. The van der Waals surface area contributed by atoms with E-state index >= 15 is 0 Å². The first kappa shape index (κ1) is 28.9. The molecule has 16 nitrogen and oxygen atoms in total. The SMILES string of the molecule is CO[C@@H]1C(CO)O[C@@H](O[C@@H]2C(CO[C@H]3OC(CO)[C@H](O)[C@H](O)C3O)O[C@@H](O)C(O)[C@H]2O)C(O)[C@H]1O. The maximum Gasteiger partial charge on any atom is 0.187 e. The Morgan fingerprint density at radius 2 is 1.14 bits per heavy atom. The van der Waals surface area contributed by atoms with Crippen molar-refractivity contribution in [3.63, 3.8) is 0 Å². The number of ether oxygens (including phenoxy) is 6. The molecule has 3 aliphatic rings. The first-order chi connectivity index (χ1) is 16.5. The zero-order valence-electron chi connectivity index (χ0n) is 18.7. The fourth-order valence-electron chi connectivity index (χ4n) is 4.23. The van der Waals surface area contributed by atoms with Crippen molar-refractivity contribution in [1.29, 1.82) is 0 Å². The highest BCUT2D eigenvalue weighted by Gasteiger charge is 2.51. The van der Waals surface area contributed by atoms with Crippen molar-refractivity contribution in [2.45, 2.75) is 92.1 Å². The number of hydrogen-bond acceptors (Lipinski definition) is 16. The molecule has 3 rings (SSSR count). The zero-order chi connectivity index (χ0) is 26.0. The van der Waals surface area contributed by atoms with Gasteiger partial charge < -0.3 is 79.5 Å². The van der Waals surface area contributed by atoms with E-state index in [1.165, 1.54) is 7.11 Å². The van der Waals surface area contributed by atoms with Gasteiger partial charge in [-0.15, -0.1) is 0 Å². The molecule has 0 aliphatic carbocycles. The third kappa shape index (κ3) is 5.93. The quantitative estimate of drug-likeness (QED) is 0.143. The number of methoxy groups -OCH3 is 1. The van der Waals surface area contributed by atoms with Crippen molar-refractivity contribution in [1.82, 2.24) is 0 Å². The number of aliphatic hydroxyl groups is 10. The van der Waals surface area contributed by atoms with Crippen LogP contribution in [0.15, 0.2) is 0 Å². The van der Waals surface area contributed by atoms with E-state index in [0.29, 0.717) is 0 Å². The second-order valence-electron chi connectivity index (χ2n) is 8.58. The average molecular weight is 518 g/mol. The Morgan fingerprint density at radius 3 is 1.74 bits per heavy atom. The molecule has 0 saturated carbocycles. The van der Waals surface area contributed by atoms with E-state index in [-0.39, 0.29) is 0 Å². The van der Waals surface area contributed by atoms with Crippen molar-refractivity contribution >= 4 is 0 Å². The molecule has 16 heteroatoms. The van der Waals surface area contributed by atoms with Gasteiger partial charge in [-0.1, -0.05) is 0 Å². The molecule has 10 N–H and O–H groups in total. The third-order valence-corrected chi connectivity index (χ3v) is 6.32. The van der Waals surface area contributed by atoms with Crippen LogP contribution in [0.4, 0.5) is 0 Å². The van der Waals surface area contributed by atoms with E-state index in [2.05, 4.69) is 0 Å². The van der Waals surface area contributed by atoms with Crippen LogP contribution >= 0.6 is 0 Å². The highest BCUT2D eigenvalue weighted by molar-refractivity contribution is 4.95. The molecule has 6 unspecified atom stereocenters. The summed E-state index contributed by atoms with van der Waals surface area (Å²) in [5.74, 6) is 0. The molecule has 3 aliphatic heterocycles. The Labute approximate surface area is 199 Å². The number of rotatable bonds is 8. The van der Waals surface area contributed by atoms with E-state index in [4.69, 9.17) is 28.4 Å².